The van der Waals surface area contributed by atoms with Gasteiger partial charge in [0.05, 0.1) is 11.7 Å². The fraction of sp³-hybridized carbons (Fsp3) is 0.400. The molecule has 2 nitrogen and oxygen atoms in total. The van der Waals surface area contributed by atoms with Crippen molar-refractivity contribution in [2.24, 2.45) is 0 Å². The van der Waals surface area contributed by atoms with Crippen molar-refractivity contribution >= 4 is 5.69 Å². The molecule has 1 unspecified atom stereocenters. The first-order chi connectivity index (χ1) is 6.79. The molecular weight excluding hydrogens is 207 g/mol. The normalized spacial score (nSPS) is 13.9. The Morgan fingerprint density at radius 3 is 2.40 bits per heavy atom. The predicted octanol–water partition coefficient (Wildman–Crippen LogP) is 2.21. The third kappa shape index (κ3) is 3.43. The number of aliphatic hydroxyl groups excluding tert-OH is 1. The molecule has 5 heteroatoms. The van der Waals surface area contributed by atoms with Gasteiger partial charge in [0.2, 0.25) is 0 Å². The van der Waals surface area contributed by atoms with E-state index in [4.69, 9.17) is 10.8 Å². The van der Waals surface area contributed by atoms with E-state index in [-0.39, 0.29) is 12.1 Å². The van der Waals surface area contributed by atoms with E-state index >= 15 is 0 Å². The maximum absolute atomic E-state index is 12.4. The Kier molecular flexibility index (Phi) is 3.24. The van der Waals surface area contributed by atoms with E-state index in [1.54, 1.807) is 0 Å². The van der Waals surface area contributed by atoms with Crippen LogP contribution < -0.4 is 5.73 Å². The van der Waals surface area contributed by atoms with Crippen molar-refractivity contribution in [2.45, 2.75) is 25.6 Å². The van der Waals surface area contributed by atoms with Crippen molar-refractivity contribution in [3.8, 4) is 0 Å². The molecule has 1 rings (SSSR count). The minimum Gasteiger partial charge on any atom is -0.399 e. The lowest BCUT2D eigenvalue weighted by Gasteiger charge is -2.11. The Hall–Kier alpha value is -1.23. The Labute approximate surface area is 85.5 Å². The molecule has 84 valence electrons. The molecule has 0 bridgehead atoms. The lowest BCUT2D eigenvalue weighted by molar-refractivity contribution is -0.137. The average molecular weight is 219 g/mol. The van der Waals surface area contributed by atoms with Gasteiger partial charge >= 0.3 is 6.18 Å². The van der Waals surface area contributed by atoms with Gasteiger partial charge in [0.15, 0.2) is 0 Å². The summed E-state index contributed by atoms with van der Waals surface area (Å²) in [4.78, 5) is 0. The van der Waals surface area contributed by atoms with Crippen LogP contribution in [0.1, 0.15) is 18.1 Å². The quantitative estimate of drug-likeness (QED) is 0.749. The van der Waals surface area contributed by atoms with Gasteiger partial charge in [0, 0.05) is 5.69 Å². The summed E-state index contributed by atoms with van der Waals surface area (Å²) in [5, 5.41) is 9.07. The van der Waals surface area contributed by atoms with Crippen LogP contribution in [0, 0.1) is 0 Å². The number of alkyl halides is 3. The second kappa shape index (κ2) is 4.10. The molecule has 0 aliphatic rings. The van der Waals surface area contributed by atoms with Crippen LogP contribution in [0.4, 0.5) is 18.9 Å². The molecule has 0 heterocycles. The van der Waals surface area contributed by atoms with E-state index in [0.717, 1.165) is 12.1 Å². The molecule has 0 saturated heterocycles. The van der Waals surface area contributed by atoms with E-state index in [9.17, 15) is 13.2 Å². The molecule has 1 aromatic rings. The number of hydrogen-bond donors (Lipinski definition) is 2. The van der Waals surface area contributed by atoms with Crippen LogP contribution in [0.3, 0.4) is 0 Å². The zero-order valence-corrected chi connectivity index (χ0v) is 8.17. The van der Waals surface area contributed by atoms with Crippen LogP contribution >= 0.6 is 0 Å². The van der Waals surface area contributed by atoms with Crippen LogP contribution in [0.25, 0.3) is 0 Å². The van der Waals surface area contributed by atoms with Gasteiger partial charge in [0.1, 0.15) is 0 Å². The number of nitrogen functional groups attached to an aromatic ring is 1. The number of benzene rings is 1. The van der Waals surface area contributed by atoms with Crippen LogP contribution in [-0.4, -0.2) is 11.2 Å². The minimum absolute atomic E-state index is 0.0560. The summed E-state index contributed by atoms with van der Waals surface area (Å²) < 4.78 is 37.1. The summed E-state index contributed by atoms with van der Waals surface area (Å²) in [5.41, 5.74) is 5.01. The summed E-state index contributed by atoms with van der Waals surface area (Å²) in [6.07, 6.45) is -4.93. The van der Waals surface area contributed by atoms with E-state index < -0.39 is 17.8 Å². The lowest BCUT2D eigenvalue weighted by atomic mass is 10.0. The zero-order valence-electron chi connectivity index (χ0n) is 8.17. The fourth-order valence-corrected chi connectivity index (χ4v) is 1.34. The molecule has 0 fully saturated rings. The molecular formula is C10H12F3NO. The molecule has 0 amide bonds. The highest BCUT2D eigenvalue weighted by Crippen LogP contribution is 2.31. The van der Waals surface area contributed by atoms with Crippen molar-refractivity contribution in [1.82, 2.24) is 0 Å². The molecule has 0 aliphatic heterocycles. The van der Waals surface area contributed by atoms with Crippen LogP contribution in [-0.2, 0) is 12.6 Å². The molecule has 1 atom stereocenters. The van der Waals surface area contributed by atoms with Gasteiger partial charge in [-0.25, -0.2) is 0 Å². The number of aliphatic hydroxyl groups is 1. The third-order valence-electron chi connectivity index (χ3n) is 1.87. The summed E-state index contributed by atoms with van der Waals surface area (Å²) in [7, 11) is 0. The number of nitrogens with two attached hydrogens (primary N) is 1. The van der Waals surface area contributed by atoms with E-state index in [2.05, 4.69) is 0 Å². The highest BCUT2D eigenvalue weighted by molar-refractivity contribution is 5.45. The SMILES string of the molecule is CC(O)Cc1cc(N)cc(C(F)(F)F)c1. The topological polar surface area (TPSA) is 46.2 Å². The van der Waals surface area contributed by atoms with E-state index in [1.165, 1.54) is 13.0 Å². The number of anilines is 1. The van der Waals surface area contributed by atoms with Gasteiger partial charge in [-0.05, 0) is 37.1 Å². The second-order valence-electron chi connectivity index (χ2n) is 3.51. The molecule has 3 N–H and O–H groups in total. The summed E-state index contributed by atoms with van der Waals surface area (Å²) in [5.74, 6) is 0. The smallest absolute Gasteiger partial charge is 0.399 e. The molecule has 0 radical (unpaired) electrons. The lowest BCUT2D eigenvalue weighted by Crippen LogP contribution is -2.09. The van der Waals surface area contributed by atoms with Gasteiger partial charge in [-0.2, -0.15) is 13.2 Å². The van der Waals surface area contributed by atoms with Gasteiger partial charge in [-0.1, -0.05) is 0 Å². The minimum atomic E-state index is -4.40. The number of hydrogen-bond acceptors (Lipinski definition) is 2. The first kappa shape index (κ1) is 11.8. The summed E-state index contributed by atoms with van der Waals surface area (Å²) in [6, 6.07) is 3.32. The van der Waals surface area contributed by atoms with E-state index in [1.807, 2.05) is 0 Å². The molecule has 0 aliphatic carbocycles. The van der Waals surface area contributed by atoms with Crippen LogP contribution in [0.5, 0.6) is 0 Å². The average Bonchev–Trinajstić information content (AvgIpc) is 1.99. The Morgan fingerprint density at radius 1 is 1.33 bits per heavy atom. The summed E-state index contributed by atoms with van der Waals surface area (Å²) >= 11 is 0. The van der Waals surface area contributed by atoms with Gasteiger partial charge < -0.3 is 10.8 Å². The van der Waals surface area contributed by atoms with Crippen molar-refractivity contribution in [2.75, 3.05) is 5.73 Å². The van der Waals surface area contributed by atoms with Crippen LogP contribution in [0.2, 0.25) is 0 Å². The first-order valence-corrected chi connectivity index (χ1v) is 4.44. The molecule has 0 saturated carbocycles. The third-order valence-corrected chi connectivity index (χ3v) is 1.87. The summed E-state index contributed by atoms with van der Waals surface area (Å²) in [6.45, 7) is 1.51. The molecule has 1 aromatic carbocycles. The Balaban J connectivity index is 3.06. The maximum Gasteiger partial charge on any atom is 0.416 e. The van der Waals surface area contributed by atoms with E-state index in [0.29, 0.717) is 5.56 Å². The Bertz CT molecular complexity index is 347. The van der Waals surface area contributed by atoms with Crippen molar-refractivity contribution in [3.05, 3.63) is 29.3 Å². The van der Waals surface area contributed by atoms with Crippen molar-refractivity contribution in [3.63, 3.8) is 0 Å². The molecule has 0 spiro atoms. The second-order valence-corrected chi connectivity index (χ2v) is 3.51. The highest BCUT2D eigenvalue weighted by atomic mass is 19.4. The highest BCUT2D eigenvalue weighted by Gasteiger charge is 2.31. The van der Waals surface area contributed by atoms with Crippen molar-refractivity contribution in [1.29, 1.82) is 0 Å². The fourth-order valence-electron chi connectivity index (χ4n) is 1.34. The monoisotopic (exact) mass is 219 g/mol. The van der Waals surface area contributed by atoms with Gasteiger partial charge in [-0.15, -0.1) is 0 Å². The zero-order chi connectivity index (χ0) is 11.6. The number of halogens is 3. The standard InChI is InChI=1S/C10H12F3NO/c1-6(15)2-7-3-8(10(11,12)13)5-9(14)4-7/h3-6,15H,2,14H2,1H3. The Morgan fingerprint density at radius 2 is 1.93 bits per heavy atom. The van der Waals surface area contributed by atoms with Gasteiger partial charge in [0.25, 0.3) is 0 Å². The van der Waals surface area contributed by atoms with Crippen LogP contribution in [0.15, 0.2) is 18.2 Å². The van der Waals surface area contributed by atoms with Crippen molar-refractivity contribution < 1.29 is 18.3 Å². The molecule has 15 heavy (non-hydrogen) atoms. The molecule has 0 aromatic heterocycles. The predicted molar refractivity (Wildman–Crippen MR) is 51.2 cm³/mol. The first-order valence-electron chi connectivity index (χ1n) is 4.44. The largest absolute Gasteiger partial charge is 0.416 e. The van der Waals surface area contributed by atoms with Gasteiger partial charge in [-0.3, -0.25) is 0 Å². The number of rotatable bonds is 2. The maximum atomic E-state index is 12.4.